The number of rotatable bonds is 3. The third-order valence-corrected chi connectivity index (χ3v) is 2.64. The van der Waals surface area contributed by atoms with Crippen LogP contribution in [0.1, 0.15) is 28.9 Å². The molecule has 1 heterocycles. The van der Waals surface area contributed by atoms with Crippen LogP contribution in [-0.4, -0.2) is 10.9 Å². The van der Waals surface area contributed by atoms with E-state index in [1.807, 2.05) is 19.1 Å². The maximum Gasteiger partial charge on any atom is 0.255 e. The Kier molecular flexibility index (Phi) is 7.84. The molecule has 0 saturated carbocycles. The molecule has 1 aromatic carbocycles. The summed E-state index contributed by atoms with van der Waals surface area (Å²) >= 11 is 0. The first-order valence-corrected chi connectivity index (χ1v) is 5.74. The number of nitrogens with one attached hydrogen (secondary N) is 1. The molecule has 0 bridgehead atoms. The molecule has 0 radical (unpaired) electrons. The van der Waals surface area contributed by atoms with Crippen molar-refractivity contribution < 1.29 is 4.79 Å². The molecule has 0 aliphatic carbocycles. The minimum absolute atomic E-state index is 0. The summed E-state index contributed by atoms with van der Waals surface area (Å²) in [5, 5.41) is 2.80. The van der Waals surface area contributed by atoms with Gasteiger partial charge in [0.15, 0.2) is 0 Å². The van der Waals surface area contributed by atoms with E-state index in [4.69, 9.17) is 5.73 Å². The number of nitrogens with zero attached hydrogens (tertiary/aromatic N) is 1. The number of nitrogens with two attached hydrogens (primary N) is 1. The maximum absolute atomic E-state index is 11.9. The number of hydrogen-bond acceptors (Lipinski definition) is 3. The Hall–Kier alpha value is -1.62. The van der Waals surface area contributed by atoms with Crippen molar-refractivity contribution in [2.75, 3.05) is 5.32 Å². The second-order valence-corrected chi connectivity index (χ2v) is 4.10. The second-order valence-electron chi connectivity index (χ2n) is 4.10. The van der Waals surface area contributed by atoms with Crippen molar-refractivity contribution in [1.29, 1.82) is 0 Å². The molecule has 0 saturated heterocycles. The van der Waals surface area contributed by atoms with Crippen LogP contribution in [0.15, 0.2) is 48.8 Å². The lowest BCUT2D eigenvalue weighted by Gasteiger charge is -2.07. The molecule has 0 aliphatic heterocycles. The van der Waals surface area contributed by atoms with Crippen LogP contribution in [0, 0.1) is 0 Å². The van der Waals surface area contributed by atoms with Gasteiger partial charge in [0.2, 0.25) is 0 Å². The smallest absolute Gasteiger partial charge is 0.255 e. The van der Waals surface area contributed by atoms with Crippen LogP contribution in [0.5, 0.6) is 0 Å². The molecular formula is C14H17Cl2N3O. The lowest BCUT2D eigenvalue weighted by Crippen LogP contribution is -2.12. The Balaban J connectivity index is 0.00000180. The van der Waals surface area contributed by atoms with E-state index in [9.17, 15) is 4.79 Å². The Morgan fingerprint density at radius 1 is 1.10 bits per heavy atom. The Morgan fingerprint density at radius 2 is 1.65 bits per heavy atom. The zero-order chi connectivity index (χ0) is 13.0. The number of aromatic nitrogens is 1. The van der Waals surface area contributed by atoms with Crippen molar-refractivity contribution in [3.63, 3.8) is 0 Å². The fourth-order valence-electron chi connectivity index (χ4n) is 1.58. The average molecular weight is 314 g/mol. The third-order valence-electron chi connectivity index (χ3n) is 2.64. The molecule has 3 N–H and O–H groups in total. The van der Waals surface area contributed by atoms with Crippen LogP contribution in [0.4, 0.5) is 5.69 Å². The summed E-state index contributed by atoms with van der Waals surface area (Å²) in [5.41, 5.74) is 8.10. The predicted octanol–water partition coefficient (Wildman–Crippen LogP) is 3.20. The summed E-state index contributed by atoms with van der Waals surface area (Å²) in [7, 11) is 0. The molecule has 2 aromatic rings. The molecule has 20 heavy (non-hydrogen) atoms. The average Bonchev–Trinajstić information content (AvgIpc) is 2.40. The van der Waals surface area contributed by atoms with Crippen LogP contribution in [0.2, 0.25) is 0 Å². The van der Waals surface area contributed by atoms with Gasteiger partial charge in [-0.05, 0) is 36.8 Å². The highest BCUT2D eigenvalue weighted by molar-refractivity contribution is 6.04. The number of carbonyl (C=O) groups is 1. The van der Waals surface area contributed by atoms with Gasteiger partial charge in [-0.1, -0.05) is 12.1 Å². The van der Waals surface area contributed by atoms with Crippen molar-refractivity contribution in [3.05, 3.63) is 59.9 Å². The number of carbonyl (C=O) groups excluding carboxylic acids is 1. The van der Waals surface area contributed by atoms with Crippen molar-refractivity contribution in [2.24, 2.45) is 5.73 Å². The minimum Gasteiger partial charge on any atom is -0.324 e. The van der Waals surface area contributed by atoms with E-state index < -0.39 is 0 Å². The third kappa shape index (κ3) is 4.81. The second kappa shape index (κ2) is 8.53. The molecule has 0 fully saturated rings. The number of hydrogen-bond donors (Lipinski definition) is 2. The largest absolute Gasteiger partial charge is 0.324 e. The van der Waals surface area contributed by atoms with Crippen molar-refractivity contribution in [1.82, 2.24) is 4.98 Å². The SMILES string of the molecule is C[C@H](N)c1ccc(C(=O)Nc2ccncc2)cc1.Cl.Cl. The molecule has 1 amide bonds. The van der Waals surface area contributed by atoms with E-state index in [0.717, 1.165) is 11.3 Å². The monoisotopic (exact) mass is 313 g/mol. The van der Waals surface area contributed by atoms with E-state index in [2.05, 4.69) is 10.3 Å². The van der Waals surface area contributed by atoms with Crippen LogP contribution < -0.4 is 11.1 Å². The van der Waals surface area contributed by atoms with Crippen molar-refractivity contribution in [3.8, 4) is 0 Å². The normalized spacial score (nSPS) is 10.7. The lowest BCUT2D eigenvalue weighted by molar-refractivity contribution is 0.102. The molecule has 0 spiro atoms. The first kappa shape index (κ1) is 18.4. The number of halogens is 2. The molecule has 0 aliphatic rings. The molecule has 2 rings (SSSR count). The molecule has 0 unspecified atom stereocenters. The highest BCUT2D eigenvalue weighted by atomic mass is 35.5. The fourth-order valence-corrected chi connectivity index (χ4v) is 1.58. The molecule has 6 heteroatoms. The Bertz CT molecular complexity index is 530. The number of amides is 1. The Morgan fingerprint density at radius 3 is 2.15 bits per heavy atom. The Labute approximate surface area is 130 Å². The van der Waals surface area contributed by atoms with E-state index in [0.29, 0.717) is 5.56 Å². The lowest BCUT2D eigenvalue weighted by atomic mass is 10.1. The van der Waals surface area contributed by atoms with Gasteiger partial charge in [-0.25, -0.2) is 0 Å². The summed E-state index contributed by atoms with van der Waals surface area (Å²) in [5.74, 6) is -0.141. The quantitative estimate of drug-likeness (QED) is 0.914. The fraction of sp³-hybridized carbons (Fsp3) is 0.143. The number of pyridine rings is 1. The molecule has 4 nitrogen and oxygen atoms in total. The van der Waals surface area contributed by atoms with Crippen LogP contribution >= 0.6 is 24.8 Å². The number of benzene rings is 1. The molecule has 1 atom stereocenters. The van der Waals surface area contributed by atoms with Gasteiger partial charge in [0.25, 0.3) is 5.91 Å². The van der Waals surface area contributed by atoms with Crippen LogP contribution in [0.25, 0.3) is 0 Å². The maximum atomic E-state index is 11.9. The van der Waals surface area contributed by atoms with Gasteiger partial charge in [0, 0.05) is 29.7 Å². The van der Waals surface area contributed by atoms with Gasteiger partial charge in [-0.3, -0.25) is 9.78 Å². The summed E-state index contributed by atoms with van der Waals surface area (Å²) in [6.07, 6.45) is 3.27. The van der Waals surface area contributed by atoms with Gasteiger partial charge in [-0.2, -0.15) is 0 Å². The summed E-state index contributed by atoms with van der Waals surface area (Å²) in [4.78, 5) is 15.8. The highest BCUT2D eigenvalue weighted by Crippen LogP contribution is 2.12. The zero-order valence-electron chi connectivity index (χ0n) is 10.9. The topological polar surface area (TPSA) is 68.0 Å². The van der Waals surface area contributed by atoms with Gasteiger partial charge < -0.3 is 11.1 Å². The standard InChI is InChI=1S/C14H15N3O.2ClH/c1-10(15)11-2-4-12(5-3-11)14(18)17-13-6-8-16-9-7-13;;/h2-10H,15H2,1H3,(H,16,17,18);2*1H/t10-;;/m0../s1. The predicted molar refractivity (Wildman–Crippen MR) is 85.7 cm³/mol. The van der Waals surface area contributed by atoms with Gasteiger partial charge >= 0.3 is 0 Å². The molecular weight excluding hydrogens is 297 g/mol. The van der Waals surface area contributed by atoms with E-state index in [1.54, 1.807) is 36.7 Å². The van der Waals surface area contributed by atoms with Gasteiger partial charge in [0.1, 0.15) is 0 Å². The first-order chi connectivity index (χ1) is 8.66. The summed E-state index contributed by atoms with van der Waals surface area (Å²) in [6.45, 7) is 1.91. The first-order valence-electron chi connectivity index (χ1n) is 5.74. The van der Waals surface area contributed by atoms with Gasteiger partial charge in [0.05, 0.1) is 0 Å². The van der Waals surface area contributed by atoms with Gasteiger partial charge in [-0.15, -0.1) is 24.8 Å². The van der Waals surface area contributed by atoms with Crippen LogP contribution in [-0.2, 0) is 0 Å². The van der Waals surface area contributed by atoms with Crippen molar-refractivity contribution in [2.45, 2.75) is 13.0 Å². The van der Waals surface area contributed by atoms with E-state index >= 15 is 0 Å². The van der Waals surface area contributed by atoms with Crippen molar-refractivity contribution >= 4 is 36.4 Å². The summed E-state index contributed by atoms with van der Waals surface area (Å²) < 4.78 is 0. The van der Waals surface area contributed by atoms with E-state index in [-0.39, 0.29) is 36.8 Å². The van der Waals surface area contributed by atoms with E-state index in [1.165, 1.54) is 0 Å². The number of anilines is 1. The molecule has 1 aromatic heterocycles. The van der Waals surface area contributed by atoms with Crippen LogP contribution in [0.3, 0.4) is 0 Å². The molecule has 108 valence electrons. The highest BCUT2D eigenvalue weighted by Gasteiger charge is 2.06. The minimum atomic E-state index is -0.141. The summed E-state index contributed by atoms with van der Waals surface area (Å²) in [6, 6.07) is 10.7. The zero-order valence-corrected chi connectivity index (χ0v) is 12.6.